The first-order valence-corrected chi connectivity index (χ1v) is 13.9. The molecule has 9 rings (SSSR count). The molecule has 1 aliphatic heterocycles. The van der Waals surface area contributed by atoms with Crippen LogP contribution >= 0.6 is 0 Å². The number of hydrogen-bond acceptors (Lipinski definition) is 4. The van der Waals surface area contributed by atoms with Crippen molar-refractivity contribution in [2.75, 3.05) is 10.6 Å². The minimum atomic E-state index is 0.0731. The van der Waals surface area contributed by atoms with E-state index in [0.717, 1.165) is 71.9 Å². The summed E-state index contributed by atoms with van der Waals surface area (Å²) in [4.78, 5) is 0. The fourth-order valence-corrected chi connectivity index (χ4v) is 6.25. The number of fused-ring (bicyclic) bond motifs is 8. The molecule has 0 saturated carbocycles. The van der Waals surface area contributed by atoms with Crippen LogP contribution in [0.25, 0.3) is 66.1 Å². The van der Waals surface area contributed by atoms with E-state index in [2.05, 4.69) is 108 Å². The van der Waals surface area contributed by atoms with Gasteiger partial charge < -0.3 is 19.5 Å². The van der Waals surface area contributed by atoms with E-state index in [9.17, 15) is 0 Å². The second-order valence-electron chi connectivity index (χ2n) is 10.7. The quantitative estimate of drug-likeness (QED) is 0.239. The van der Waals surface area contributed by atoms with Crippen molar-refractivity contribution in [3.8, 4) is 22.3 Å². The lowest BCUT2D eigenvalue weighted by Crippen LogP contribution is -2.11. The highest BCUT2D eigenvalue weighted by Gasteiger charge is 2.22. The fraction of sp³-hybridized carbons (Fsp3) is 0.0270. The molecule has 194 valence electrons. The topological polar surface area (TPSA) is 50.3 Å². The van der Waals surface area contributed by atoms with Crippen LogP contribution < -0.4 is 10.6 Å². The van der Waals surface area contributed by atoms with Crippen molar-refractivity contribution in [2.24, 2.45) is 0 Å². The van der Waals surface area contributed by atoms with Crippen LogP contribution in [0.3, 0.4) is 0 Å². The van der Waals surface area contributed by atoms with Gasteiger partial charge in [-0.15, -0.1) is 0 Å². The van der Waals surface area contributed by atoms with E-state index in [1.165, 1.54) is 11.1 Å². The molecule has 0 amide bonds. The Morgan fingerprint density at radius 3 is 1.93 bits per heavy atom. The van der Waals surface area contributed by atoms with Crippen molar-refractivity contribution in [2.45, 2.75) is 6.17 Å². The summed E-state index contributed by atoms with van der Waals surface area (Å²) >= 11 is 0. The molecule has 0 radical (unpaired) electrons. The van der Waals surface area contributed by atoms with E-state index in [4.69, 9.17) is 8.83 Å². The molecule has 2 aromatic heterocycles. The summed E-state index contributed by atoms with van der Waals surface area (Å²) in [7, 11) is 0. The van der Waals surface area contributed by atoms with Gasteiger partial charge >= 0.3 is 0 Å². The summed E-state index contributed by atoms with van der Waals surface area (Å²) in [6.07, 6.45) is 0.0731. The Morgan fingerprint density at radius 2 is 1.10 bits per heavy atom. The standard InChI is InChI=1S/C37H24N2O2/c1-2-8-24(9-3-1)37-38-30-19-18-25(20-31(30)39-37)22-14-16-23(17-15-22)28-21-29-26-10-4-6-12-32(26)40-36(29)34-27-11-5-7-13-33(27)41-35(28)34/h1-21,37-39H. The van der Waals surface area contributed by atoms with Gasteiger partial charge in [-0.1, -0.05) is 97.1 Å². The Balaban J connectivity index is 1.15. The van der Waals surface area contributed by atoms with Crippen molar-refractivity contribution in [1.29, 1.82) is 0 Å². The van der Waals surface area contributed by atoms with Crippen LogP contribution in [-0.4, -0.2) is 0 Å². The zero-order valence-corrected chi connectivity index (χ0v) is 22.0. The van der Waals surface area contributed by atoms with Crippen molar-refractivity contribution < 1.29 is 8.83 Å². The van der Waals surface area contributed by atoms with Gasteiger partial charge in [0.1, 0.15) is 28.5 Å². The normalized spacial score (nSPS) is 14.5. The number of para-hydroxylation sites is 2. The van der Waals surface area contributed by atoms with Crippen LogP contribution in [0, 0.1) is 0 Å². The average molecular weight is 529 g/mol. The number of benzene rings is 6. The second kappa shape index (κ2) is 8.51. The maximum Gasteiger partial charge on any atom is 0.147 e. The molecule has 0 bridgehead atoms. The Bertz CT molecular complexity index is 2260. The molecule has 1 aliphatic rings. The van der Waals surface area contributed by atoms with Gasteiger partial charge in [0.15, 0.2) is 0 Å². The van der Waals surface area contributed by atoms with Gasteiger partial charge in [0, 0.05) is 21.7 Å². The predicted octanol–water partition coefficient (Wildman–Crippen LogP) is 10.4. The molecule has 0 fully saturated rings. The summed E-state index contributed by atoms with van der Waals surface area (Å²) in [6.45, 7) is 0. The van der Waals surface area contributed by atoms with Gasteiger partial charge in [-0.25, -0.2) is 0 Å². The molecule has 1 unspecified atom stereocenters. The third-order valence-corrected chi connectivity index (χ3v) is 8.27. The Hall–Kier alpha value is -5.48. The van der Waals surface area contributed by atoms with Crippen molar-refractivity contribution in [3.05, 3.63) is 133 Å². The molecule has 0 aliphatic carbocycles. The zero-order valence-electron chi connectivity index (χ0n) is 22.0. The molecule has 1 atom stereocenters. The maximum atomic E-state index is 6.48. The van der Waals surface area contributed by atoms with E-state index in [1.807, 2.05) is 30.3 Å². The molecule has 4 heteroatoms. The van der Waals surface area contributed by atoms with E-state index in [1.54, 1.807) is 0 Å². The van der Waals surface area contributed by atoms with Crippen LogP contribution in [0.4, 0.5) is 11.4 Å². The monoisotopic (exact) mass is 528 g/mol. The van der Waals surface area contributed by atoms with E-state index < -0.39 is 0 Å². The molecular formula is C37H24N2O2. The lowest BCUT2D eigenvalue weighted by atomic mass is 9.96. The van der Waals surface area contributed by atoms with Crippen LogP contribution in [0.5, 0.6) is 0 Å². The number of furan rings is 2. The van der Waals surface area contributed by atoms with Gasteiger partial charge in [0.2, 0.25) is 0 Å². The third-order valence-electron chi connectivity index (χ3n) is 8.27. The highest BCUT2D eigenvalue weighted by Crippen LogP contribution is 2.44. The summed E-state index contributed by atoms with van der Waals surface area (Å²) < 4.78 is 12.9. The van der Waals surface area contributed by atoms with Crippen molar-refractivity contribution in [3.63, 3.8) is 0 Å². The Labute approximate surface area is 235 Å². The molecule has 8 aromatic rings. The van der Waals surface area contributed by atoms with Crippen LogP contribution in [-0.2, 0) is 0 Å². The lowest BCUT2D eigenvalue weighted by molar-refractivity contribution is 0.663. The van der Waals surface area contributed by atoms with Gasteiger partial charge in [-0.2, -0.15) is 0 Å². The Morgan fingerprint density at radius 1 is 0.463 bits per heavy atom. The first-order chi connectivity index (χ1) is 20.3. The van der Waals surface area contributed by atoms with Crippen molar-refractivity contribution in [1.82, 2.24) is 0 Å². The van der Waals surface area contributed by atoms with Crippen LogP contribution in [0.15, 0.2) is 136 Å². The minimum Gasteiger partial charge on any atom is -0.455 e. The predicted molar refractivity (Wildman–Crippen MR) is 168 cm³/mol. The smallest absolute Gasteiger partial charge is 0.147 e. The highest BCUT2D eigenvalue weighted by molar-refractivity contribution is 6.25. The molecule has 4 nitrogen and oxygen atoms in total. The zero-order chi connectivity index (χ0) is 26.9. The minimum absolute atomic E-state index is 0.0731. The number of hydrogen-bond donors (Lipinski definition) is 2. The van der Waals surface area contributed by atoms with Gasteiger partial charge in [0.05, 0.1) is 16.8 Å². The third kappa shape index (κ3) is 3.41. The van der Waals surface area contributed by atoms with Crippen molar-refractivity contribution >= 4 is 55.3 Å². The van der Waals surface area contributed by atoms with E-state index in [-0.39, 0.29) is 6.17 Å². The van der Waals surface area contributed by atoms with E-state index >= 15 is 0 Å². The molecule has 3 heterocycles. The molecule has 0 saturated heterocycles. The number of nitrogens with one attached hydrogen (secondary N) is 2. The largest absolute Gasteiger partial charge is 0.455 e. The maximum absolute atomic E-state index is 6.48. The Kier molecular flexibility index (Phi) is 4.64. The molecule has 0 spiro atoms. The summed E-state index contributed by atoms with van der Waals surface area (Å²) in [6, 6.07) is 44.4. The molecule has 41 heavy (non-hydrogen) atoms. The number of rotatable bonds is 3. The number of anilines is 2. The van der Waals surface area contributed by atoms with E-state index in [0.29, 0.717) is 0 Å². The molecule has 2 N–H and O–H groups in total. The van der Waals surface area contributed by atoms with Gasteiger partial charge in [-0.3, -0.25) is 0 Å². The molecular weight excluding hydrogens is 504 g/mol. The average Bonchev–Trinajstić information content (AvgIpc) is 3.74. The molecule has 6 aromatic carbocycles. The van der Waals surface area contributed by atoms with Crippen LogP contribution in [0.2, 0.25) is 0 Å². The van der Waals surface area contributed by atoms with Gasteiger partial charge in [0.25, 0.3) is 0 Å². The highest BCUT2D eigenvalue weighted by atomic mass is 16.3. The first-order valence-electron chi connectivity index (χ1n) is 13.9. The summed E-state index contributed by atoms with van der Waals surface area (Å²) in [5.74, 6) is 0. The lowest BCUT2D eigenvalue weighted by Gasteiger charge is -2.12. The SMILES string of the molecule is c1ccc(C2Nc3ccc(-c4ccc(-c5cc6c7ccccc7oc6c6c5oc5ccccc56)cc4)cc3N2)cc1. The van der Waals surface area contributed by atoms with Crippen LogP contribution in [0.1, 0.15) is 11.7 Å². The summed E-state index contributed by atoms with van der Waals surface area (Å²) in [5.41, 5.74) is 11.4. The fourth-order valence-electron chi connectivity index (χ4n) is 6.25. The second-order valence-corrected chi connectivity index (χ2v) is 10.7. The summed E-state index contributed by atoms with van der Waals surface area (Å²) in [5, 5.41) is 11.5. The first kappa shape index (κ1) is 22.3. The van der Waals surface area contributed by atoms with Gasteiger partial charge in [-0.05, 0) is 52.6 Å².